The molecule has 0 rings (SSSR count). The Balaban J connectivity index is 3.81. The summed E-state index contributed by atoms with van der Waals surface area (Å²) in [7, 11) is 0. The Morgan fingerprint density at radius 2 is 1.25 bits per heavy atom. The van der Waals surface area contributed by atoms with Crippen LogP contribution in [0.4, 0.5) is 0 Å². The molecule has 0 bridgehead atoms. The number of allylic oxidation sites excluding steroid dienone is 3. The largest absolute Gasteiger partial charge is 0.394 e. The van der Waals surface area contributed by atoms with E-state index in [-0.39, 0.29) is 12.5 Å². The summed E-state index contributed by atoms with van der Waals surface area (Å²) in [5.74, 6) is -0.0917. The number of carbonyl (C=O) groups is 1. The number of rotatable bonds is 23. The molecule has 0 saturated heterocycles. The number of hydrogen-bond acceptors (Lipinski definition) is 3. The van der Waals surface area contributed by atoms with Gasteiger partial charge >= 0.3 is 0 Å². The molecule has 0 saturated carbocycles. The van der Waals surface area contributed by atoms with Gasteiger partial charge in [-0.3, -0.25) is 4.79 Å². The zero-order valence-electron chi connectivity index (χ0n) is 21.2. The number of carbonyl (C=O) groups excluding carboxylic acids is 1. The van der Waals surface area contributed by atoms with Crippen molar-refractivity contribution in [1.82, 2.24) is 5.32 Å². The maximum absolute atomic E-state index is 12.1. The van der Waals surface area contributed by atoms with Crippen LogP contribution in [-0.2, 0) is 4.79 Å². The Kier molecular flexibility index (Phi) is 23.6. The highest BCUT2D eigenvalue weighted by Gasteiger charge is 2.17. The van der Waals surface area contributed by atoms with Crippen LogP contribution in [0.1, 0.15) is 129 Å². The van der Waals surface area contributed by atoms with Crippen molar-refractivity contribution in [2.24, 2.45) is 0 Å². The lowest BCUT2D eigenvalue weighted by Gasteiger charge is -2.19. The van der Waals surface area contributed by atoms with Crippen LogP contribution in [0.15, 0.2) is 24.3 Å². The van der Waals surface area contributed by atoms with Crippen LogP contribution in [0.5, 0.6) is 0 Å². The molecule has 188 valence electrons. The van der Waals surface area contributed by atoms with Crippen molar-refractivity contribution in [2.45, 2.75) is 142 Å². The zero-order valence-corrected chi connectivity index (χ0v) is 21.2. The second-order valence-corrected chi connectivity index (χ2v) is 9.15. The van der Waals surface area contributed by atoms with Crippen LogP contribution in [0.25, 0.3) is 0 Å². The van der Waals surface area contributed by atoms with Gasteiger partial charge < -0.3 is 15.5 Å². The second-order valence-electron chi connectivity index (χ2n) is 9.15. The smallest absolute Gasteiger partial charge is 0.220 e. The first-order valence-electron chi connectivity index (χ1n) is 13.6. The number of nitrogens with one attached hydrogen (secondary N) is 1. The van der Waals surface area contributed by atoms with Crippen LogP contribution in [0, 0.1) is 0 Å². The van der Waals surface area contributed by atoms with E-state index in [1.807, 2.05) is 12.2 Å². The molecule has 0 spiro atoms. The molecule has 0 aromatic rings. The first-order chi connectivity index (χ1) is 15.7. The lowest BCUT2D eigenvalue weighted by atomic mass is 10.1. The molecule has 0 unspecified atom stereocenters. The molecule has 0 heterocycles. The van der Waals surface area contributed by atoms with E-state index < -0.39 is 12.1 Å². The minimum absolute atomic E-state index is 0.0917. The van der Waals surface area contributed by atoms with Crippen molar-refractivity contribution < 1.29 is 15.0 Å². The van der Waals surface area contributed by atoms with Gasteiger partial charge in [-0.05, 0) is 19.3 Å². The topological polar surface area (TPSA) is 69.6 Å². The predicted molar refractivity (Wildman–Crippen MR) is 138 cm³/mol. The summed E-state index contributed by atoms with van der Waals surface area (Å²) in [4.78, 5) is 12.1. The molecule has 0 aromatic heterocycles. The summed E-state index contributed by atoms with van der Waals surface area (Å²) in [6, 6.07) is -0.644. The van der Waals surface area contributed by atoms with Gasteiger partial charge in [-0.1, -0.05) is 128 Å². The summed E-state index contributed by atoms with van der Waals surface area (Å²) < 4.78 is 0. The van der Waals surface area contributed by atoms with Gasteiger partial charge in [0.15, 0.2) is 0 Å². The third-order valence-corrected chi connectivity index (χ3v) is 5.99. The third-order valence-electron chi connectivity index (χ3n) is 5.99. The highest BCUT2D eigenvalue weighted by Crippen LogP contribution is 2.11. The van der Waals surface area contributed by atoms with E-state index in [0.717, 1.165) is 19.3 Å². The second kappa shape index (κ2) is 24.5. The van der Waals surface area contributed by atoms with E-state index in [9.17, 15) is 15.0 Å². The fourth-order valence-electron chi connectivity index (χ4n) is 3.82. The predicted octanol–water partition coefficient (Wildman–Crippen LogP) is 7.00. The standard InChI is InChI=1S/C28H53NO3/c1-3-5-7-9-11-12-13-14-15-16-18-19-21-23-27(31)26(25-30)29-28(32)24-22-20-17-10-8-6-4-2/h18-19,21,23,26-27,30-31H,3-17,20,22,24-25H2,1-2H3,(H,29,32)/b19-18-,23-21+/t26-,27+/m0/s1. The first kappa shape index (κ1) is 30.9. The van der Waals surface area contributed by atoms with Gasteiger partial charge in [-0.2, -0.15) is 0 Å². The molecule has 0 aliphatic heterocycles. The monoisotopic (exact) mass is 451 g/mol. The lowest BCUT2D eigenvalue weighted by molar-refractivity contribution is -0.123. The van der Waals surface area contributed by atoms with Crippen LogP contribution in [0.3, 0.4) is 0 Å². The third kappa shape index (κ3) is 20.8. The van der Waals surface area contributed by atoms with Gasteiger partial charge in [0, 0.05) is 6.42 Å². The average molecular weight is 452 g/mol. The van der Waals surface area contributed by atoms with Crippen molar-refractivity contribution in [3.05, 3.63) is 24.3 Å². The Bertz CT molecular complexity index is 462. The van der Waals surface area contributed by atoms with Crippen LogP contribution in [0.2, 0.25) is 0 Å². The maximum Gasteiger partial charge on any atom is 0.220 e. The molecule has 3 N–H and O–H groups in total. The van der Waals surface area contributed by atoms with Crippen molar-refractivity contribution in [1.29, 1.82) is 0 Å². The number of aliphatic hydroxyl groups excluding tert-OH is 2. The zero-order chi connectivity index (χ0) is 23.7. The van der Waals surface area contributed by atoms with Crippen molar-refractivity contribution >= 4 is 5.91 Å². The molecule has 4 heteroatoms. The maximum atomic E-state index is 12.1. The summed E-state index contributed by atoms with van der Waals surface area (Å²) in [6.07, 6.45) is 28.3. The molecular weight excluding hydrogens is 398 g/mol. The minimum atomic E-state index is -0.879. The highest BCUT2D eigenvalue weighted by atomic mass is 16.3. The molecule has 2 atom stereocenters. The van der Waals surface area contributed by atoms with E-state index in [2.05, 4.69) is 25.2 Å². The molecule has 0 fully saturated rings. The molecule has 0 radical (unpaired) electrons. The fraction of sp³-hybridized carbons (Fsp3) is 0.821. The Hall–Kier alpha value is -1.13. The molecule has 0 aliphatic carbocycles. The van der Waals surface area contributed by atoms with Crippen molar-refractivity contribution in [3.8, 4) is 0 Å². The number of hydrogen-bond donors (Lipinski definition) is 3. The summed E-state index contributed by atoms with van der Waals surface area (Å²) in [6.45, 7) is 4.20. The van der Waals surface area contributed by atoms with Gasteiger partial charge in [0.25, 0.3) is 0 Å². The van der Waals surface area contributed by atoms with Crippen LogP contribution in [-0.4, -0.2) is 34.9 Å². The van der Waals surface area contributed by atoms with Gasteiger partial charge in [-0.15, -0.1) is 0 Å². The van der Waals surface area contributed by atoms with E-state index in [4.69, 9.17) is 0 Å². The van der Waals surface area contributed by atoms with Crippen molar-refractivity contribution in [2.75, 3.05) is 6.61 Å². The van der Waals surface area contributed by atoms with Gasteiger partial charge in [0.05, 0.1) is 18.8 Å². The Morgan fingerprint density at radius 1 is 0.750 bits per heavy atom. The van der Waals surface area contributed by atoms with E-state index in [1.165, 1.54) is 89.9 Å². The van der Waals surface area contributed by atoms with E-state index in [0.29, 0.717) is 6.42 Å². The van der Waals surface area contributed by atoms with Crippen LogP contribution < -0.4 is 5.32 Å². The Labute approximate surface area is 199 Å². The van der Waals surface area contributed by atoms with E-state index in [1.54, 1.807) is 6.08 Å². The number of amides is 1. The van der Waals surface area contributed by atoms with Gasteiger partial charge in [-0.25, -0.2) is 0 Å². The number of unbranched alkanes of at least 4 members (excludes halogenated alkanes) is 15. The minimum Gasteiger partial charge on any atom is -0.394 e. The summed E-state index contributed by atoms with van der Waals surface area (Å²) in [5, 5.41) is 22.5. The quantitative estimate of drug-likeness (QED) is 0.116. The molecule has 1 amide bonds. The Morgan fingerprint density at radius 3 is 1.78 bits per heavy atom. The molecular formula is C28H53NO3. The number of aliphatic hydroxyl groups is 2. The average Bonchev–Trinajstić information content (AvgIpc) is 2.79. The summed E-state index contributed by atoms with van der Waals surface area (Å²) >= 11 is 0. The molecule has 0 aliphatic rings. The van der Waals surface area contributed by atoms with Gasteiger partial charge in [0.2, 0.25) is 5.91 Å². The molecule has 0 aromatic carbocycles. The van der Waals surface area contributed by atoms with Crippen LogP contribution >= 0.6 is 0 Å². The summed E-state index contributed by atoms with van der Waals surface area (Å²) in [5.41, 5.74) is 0. The van der Waals surface area contributed by atoms with Crippen molar-refractivity contribution in [3.63, 3.8) is 0 Å². The highest BCUT2D eigenvalue weighted by molar-refractivity contribution is 5.76. The normalized spacial score (nSPS) is 13.8. The SMILES string of the molecule is CCCCCCCCCCC/C=C\C=C\[C@@H](O)[C@H](CO)NC(=O)CCCCCCCCC. The molecule has 32 heavy (non-hydrogen) atoms. The fourth-order valence-corrected chi connectivity index (χ4v) is 3.82. The lowest BCUT2D eigenvalue weighted by Crippen LogP contribution is -2.45. The molecule has 4 nitrogen and oxygen atoms in total. The first-order valence-corrected chi connectivity index (χ1v) is 13.6. The van der Waals surface area contributed by atoms with E-state index >= 15 is 0 Å². The van der Waals surface area contributed by atoms with Gasteiger partial charge in [0.1, 0.15) is 0 Å².